The number of hydrogen-bond donors (Lipinski definition) is 1. The lowest BCUT2D eigenvalue weighted by Crippen LogP contribution is -2.09. The average molecular weight is 472 g/mol. The number of nitrogens with zero attached hydrogens (tertiary/aromatic N) is 4. The summed E-state index contributed by atoms with van der Waals surface area (Å²) in [4.78, 5) is 17.4. The van der Waals surface area contributed by atoms with Gasteiger partial charge in [0, 0.05) is 5.69 Å². The number of rotatable bonds is 7. The molecule has 3 aromatic heterocycles. The van der Waals surface area contributed by atoms with E-state index in [4.69, 9.17) is 18.9 Å². The minimum Gasteiger partial charge on any atom is -0.486 e. The molecular weight excluding hydrogens is 446 g/mol. The lowest BCUT2D eigenvalue weighted by atomic mass is 10.2. The third-order valence-corrected chi connectivity index (χ3v) is 5.58. The Hall–Kier alpha value is -4.40. The van der Waals surface area contributed by atoms with Crippen LogP contribution in [0.5, 0.6) is 5.75 Å². The highest BCUT2D eigenvalue weighted by Gasteiger charge is 2.27. The Balaban J connectivity index is 1.65. The van der Waals surface area contributed by atoms with Crippen molar-refractivity contribution < 1.29 is 18.7 Å². The monoisotopic (exact) mass is 471 g/mol. The van der Waals surface area contributed by atoms with Gasteiger partial charge >= 0.3 is 5.97 Å². The van der Waals surface area contributed by atoms with Gasteiger partial charge in [-0.25, -0.2) is 9.20 Å². The summed E-state index contributed by atoms with van der Waals surface area (Å²) in [6, 6.07) is 15.7. The zero-order valence-corrected chi connectivity index (χ0v) is 20.0. The van der Waals surface area contributed by atoms with E-state index in [1.165, 1.54) is 0 Å². The van der Waals surface area contributed by atoms with Gasteiger partial charge in [-0.2, -0.15) is 4.98 Å². The highest BCUT2D eigenvalue weighted by Crippen LogP contribution is 2.31. The topological polar surface area (TPSA) is 104 Å². The number of fused-ring (bicyclic) bond motifs is 3. The van der Waals surface area contributed by atoms with Gasteiger partial charge in [-0.05, 0) is 57.5 Å². The Morgan fingerprint density at radius 3 is 2.60 bits per heavy atom. The van der Waals surface area contributed by atoms with E-state index in [-0.39, 0.29) is 18.9 Å². The van der Waals surface area contributed by atoms with Crippen LogP contribution in [0.25, 0.3) is 16.7 Å². The Labute approximate surface area is 201 Å². The number of ether oxygens (including phenoxy) is 2. The van der Waals surface area contributed by atoms with Gasteiger partial charge in [-0.1, -0.05) is 29.8 Å². The molecule has 0 saturated heterocycles. The molecule has 0 unspecified atom stereocenters. The van der Waals surface area contributed by atoms with Crippen molar-refractivity contribution >= 4 is 34.4 Å². The van der Waals surface area contributed by atoms with Crippen LogP contribution < -0.4 is 10.1 Å². The number of aromatic nitrogens is 4. The van der Waals surface area contributed by atoms with Crippen LogP contribution in [0.1, 0.15) is 40.0 Å². The van der Waals surface area contributed by atoms with Gasteiger partial charge in [0.1, 0.15) is 29.1 Å². The first-order valence-corrected chi connectivity index (χ1v) is 11.3. The van der Waals surface area contributed by atoms with Crippen molar-refractivity contribution in [1.29, 1.82) is 0 Å². The van der Waals surface area contributed by atoms with Gasteiger partial charge in [0.15, 0.2) is 11.5 Å². The molecule has 178 valence electrons. The minimum atomic E-state index is -0.493. The second kappa shape index (κ2) is 9.09. The number of anilines is 2. The normalized spacial score (nSPS) is 11.2. The predicted molar refractivity (Wildman–Crippen MR) is 131 cm³/mol. The minimum absolute atomic E-state index is 0.144. The van der Waals surface area contributed by atoms with E-state index in [1.807, 2.05) is 62.4 Å². The molecule has 0 fully saturated rings. The summed E-state index contributed by atoms with van der Waals surface area (Å²) < 4.78 is 18.8. The van der Waals surface area contributed by atoms with Crippen LogP contribution in [-0.4, -0.2) is 32.2 Å². The first kappa shape index (κ1) is 22.4. The maximum absolute atomic E-state index is 12.7. The molecule has 9 nitrogen and oxygen atoms in total. The molecule has 2 aromatic carbocycles. The number of benzene rings is 2. The zero-order chi connectivity index (χ0) is 24.5. The molecule has 0 aliphatic rings. The highest BCUT2D eigenvalue weighted by molar-refractivity contribution is 6.09. The fourth-order valence-electron chi connectivity index (χ4n) is 3.92. The maximum atomic E-state index is 12.7. The van der Waals surface area contributed by atoms with Crippen molar-refractivity contribution in [2.24, 2.45) is 0 Å². The van der Waals surface area contributed by atoms with E-state index >= 15 is 0 Å². The van der Waals surface area contributed by atoms with E-state index in [1.54, 1.807) is 18.2 Å². The summed E-state index contributed by atoms with van der Waals surface area (Å²) in [6.07, 6.45) is 0. The average Bonchev–Trinajstić information content (AvgIpc) is 3.39. The highest BCUT2D eigenvalue weighted by atomic mass is 16.5. The molecule has 0 aliphatic heterocycles. The molecule has 5 aromatic rings. The smallest absolute Gasteiger partial charge is 0.342 e. The van der Waals surface area contributed by atoms with Gasteiger partial charge < -0.3 is 19.2 Å². The molecule has 5 rings (SSSR count). The number of furan rings is 1. The Bertz CT molecular complexity index is 1540. The van der Waals surface area contributed by atoms with Crippen molar-refractivity contribution in [1.82, 2.24) is 19.6 Å². The van der Waals surface area contributed by atoms with Crippen molar-refractivity contribution in [2.75, 3.05) is 11.9 Å². The molecule has 0 radical (unpaired) electrons. The number of esters is 1. The number of carbonyl (C=O) groups excluding carboxylic acids is 1. The molecule has 0 bridgehead atoms. The summed E-state index contributed by atoms with van der Waals surface area (Å²) in [5, 5.41) is 12.5. The molecular formula is C26H25N5O4. The molecule has 1 N–H and O–H groups in total. The molecule has 0 amide bonds. The summed E-state index contributed by atoms with van der Waals surface area (Å²) in [7, 11) is 0. The van der Waals surface area contributed by atoms with Crippen molar-refractivity contribution in [3.63, 3.8) is 0 Å². The van der Waals surface area contributed by atoms with Gasteiger partial charge in [-0.15, -0.1) is 10.2 Å². The second-order valence-corrected chi connectivity index (χ2v) is 8.24. The molecule has 0 spiro atoms. The summed E-state index contributed by atoms with van der Waals surface area (Å²) in [5.74, 6) is 1.57. The third kappa shape index (κ3) is 4.28. The SMILES string of the molecule is CCOC(=O)c1c(C)oc2nc(Nc3cccc(C)c3)n3c(COc4ccc(C)cc4)nnc3c12. The Morgan fingerprint density at radius 1 is 1.06 bits per heavy atom. The van der Waals surface area contributed by atoms with Crippen LogP contribution in [0.15, 0.2) is 52.9 Å². The second-order valence-electron chi connectivity index (χ2n) is 8.24. The maximum Gasteiger partial charge on any atom is 0.342 e. The first-order chi connectivity index (χ1) is 16.9. The Kier molecular flexibility index (Phi) is 5.82. The quantitative estimate of drug-likeness (QED) is 0.319. The molecule has 0 saturated carbocycles. The van der Waals surface area contributed by atoms with Crippen LogP contribution in [0.4, 0.5) is 11.6 Å². The summed E-state index contributed by atoms with van der Waals surface area (Å²) in [5.41, 5.74) is 4.06. The number of aryl methyl sites for hydroxylation is 3. The van der Waals surface area contributed by atoms with Crippen LogP contribution in [0.2, 0.25) is 0 Å². The molecule has 3 heterocycles. The van der Waals surface area contributed by atoms with Gasteiger partial charge in [0.25, 0.3) is 0 Å². The zero-order valence-electron chi connectivity index (χ0n) is 20.0. The standard InChI is InChI=1S/C26H25N5O4/c1-5-33-25(32)21-17(4)35-24-22(21)23-30-29-20(14-34-19-11-9-15(2)10-12-19)31(23)26(28-24)27-18-8-6-7-16(3)13-18/h6-13H,5,14H2,1-4H3,(H,27,28). The van der Waals surface area contributed by atoms with Crippen molar-refractivity contribution in [3.8, 4) is 5.75 Å². The number of nitrogens with one attached hydrogen (secondary N) is 1. The predicted octanol–water partition coefficient (Wildman–Crippen LogP) is 5.30. The third-order valence-electron chi connectivity index (χ3n) is 5.58. The Morgan fingerprint density at radius 2 is 1.86 bits per heavy atom. The lowest BCUT2D eigenvalue weighted by Gasteiger charge is -2.11. The summed E-state index contributed by atoms with van der Waals surface area (Å²) >= 11 is 0. The van der Waals surface area contributed by atoms with Crippen molar-refractivity contribution in [2.45, 2.75) is 34.3 Å². The first-order valence-electron chi connectivity index (χ1n) is 11.3. The molecule has 35 heavy (non-hydrogen) atoms. The van der Waals surface area contributed by atoms with E-state index in [9.17, 15) is 4.79 Å². The van der Waals surface area contributed by atoms with E-state index in [0.29, 0.717) is 39.9 Å². The van der Waals surface area contributed by atoms with Crippen LogP contribution >= 0.6 is 0 Å². The number of carbonyl (C=O) groups is 1. The summed E-state index contributed by atoms with van der Waals surface area (Å²) in [6.45, 7) is 7.87. The van der Waals surface area contributed by atoms with Gasteiger partial charge in [0.2, 0.25) is 11.7 Å². The van der Waals surface area contributed by atoms with Gasteiger partial charge in [0.05, 0.1) is 6.61 Å². The largest absolute Gasteiger partial charge is 0.486 e. The fourth-order valence-corrected chi connectivity index (χ4v) is 3.92. The fraction of sp³-hybridized carbons (Fsp3) is 0.231. The lowest BCUT2D eigenvalue weighted by molar-refractivity contribution is 0.0526. The van der Waals surface area contributed by atoms with Crippen LogP contribution in [-0.2, 0) is 11.3 Å². The van der Waals surface area contributed by atoms with E-state index < -0.39 is 5.97 Å². The number of hydrogen-bond acceptors (Lipinski definition) is 8. The van der Waals surface area contributed by atoms with E-state index in [2.05, 4.69) is 15.5 Å². The molecule has 0 atom stereocenters. The van der Waals surface area contributed by atoms with Crippen LogP contribution in [0.3, 0.4) is 0 Å². The van der Waals surface area contributed by atoms with Gasteiger partial charge in [-0.3, -0.25) is 0 Å². The molecule has 9 heteroatoms. The van der Waals surface area contributed by atoms with Crippen LogP contribution in [0, 0.1) is 20.8 Å². The van der Waals surface area contributed by atoms with Crippen molar-refractivity contribution in [3.05, 3.63) is 76.8 Å². The van der Waals surface area contributed by atoms with E-state index in [0.717, 1.165) is 16.8 Å². The molecule has 0 aliphatic carbocycles.